The number of anilines is 3. The number of fused-ring (bicyclic) bond motifs is 1. The molecule has 2 atom stereocenters. The van der Waals surface area contributed by atoms with E-state index in [4.69, 9.17) is 4.74 Å². The quantitative estimate of drug-likeness (QED) is 0.383. The van der Waals surface area contributed by atoms with Crippen LogP contribution in [-0.2, 0) is 9.59 Å². The second-order valence-electron chi connectivity index (χ2n) is 10.6. The third kappa shape index (κ3) is 5.03. The number of hydrogen-bond acceptors (Lipinski definition) is 5. The molecule has 2 aliphatic rings. The number of nitrogens with zero attached hydrogens (tertiary/aromatic N) is 2. The Morgan fingerprint density at radius 2 is 1.67 bits per heavy atom. The van der Waals surface area contributed by atoms with E-state index in [1.54, 1.807) is 18.9 Å². The molecule has 3 aromatic rings. The fourth-order valence-corrected chi connectivity index (χ4v) is 6.06. The Morgan fingerprint density at radius 3 is 2.28 bits per heavy atom. The maximum atomic E-state index is 14.0. The maximum absolute atomic E-state index is 14.0. The Balaban J connectivity index is 1.63. The standard InChI is InChI=1S/C33H37N3O3/c1-6-35(21(2)3)26-15-11-24(12-16-26)33-32-29(34-28-9-7-8-10-30(28)36(33)22(4)37)19-25(20-31(32)38)23-13-17-27(39-5)18-14-23/h7-18,21,25,33-34H,6,19-20H2,1-5H3. The minimum Gasteiger partial charge on any atom is -0.497 e. The number of para-hydroxylation sites is 2. The largest absolute Gasteiger partial charge is 0.497 e. The number of carbonyl (C=O) groups is 2. The highest BCUT2D eigenvalue weighted by atomic mass is 16.5. The molecule has 39 heavy (non-hydrogen) atoms. The van der Waals surface area contributed by atoms with Gasteiger partial charge >= 0.3 is 0 Å². The molecule has 0 saturated carbocycles. The molecule has 3 aromatic carbocycles. The smallest absolute Gasteiger partial charge is 0.224 e. The number of ether oxygens (including phenoxy) is 1. The van der Waals surface area contributed by atoms with Gasteiger partial charge in [0.15, 0.2) is 5.78 Å². The van der Waals surface area contributed by atoms with E-state index >= 15 is 0 Å². The van der Waals surface area contributed by atoms with Gasteiger partial charge in [-0.15, -0.1) is 0 Å². The van der Waals surface area contributed by atoms with Crippen LogP contribution in [0.2, 0.25) is 0 Å². The van der Waals surface area contributed by atoms with E-state index in [-0.39, 0.29) is 17.6 Å². The Morgan fingerprint density at radius 1 is 1.00 bits per heavy atom. The van der Waals surface area contributed by atoms with Gasteiger partial charge in [-0.2, -0.15) is 0 Å². The summed E-state index contributed by atoms with van der Waals surface area (Å²) in [6, 6.07) is 24.0. The molecule has 1 N–H and O–H groups in total. The van der Waals surface area contributed by atoms with Gasteiger partial charge in [0.25, 0.3) is 0 Å². The zero-order valence-corrected chi connectivity index (χ0v) is 23.4. The summed E-state index contributed by atoms with van der Waals surface area (Å²) in [7, 11) is 1.65. The molecule has 0 aromatic heterocycles. The minimum atomic E-state index is -0.513. The zero-order valence-electron chi connectivity index (χ0n) is 23.4. The number of hydrogen-bond donors (Lipinski definition) is 1. The van der Waals surface area contributed by atoms with Gasteiger partial charge in [0, 0.05) is 42.9 Å². The van der Waals surface area contributed by atoms with E-state index in [1.165, 1.54) is 0 Å². The summed E-state index contributed by atoms with van der Waals surface area (Å²) in [4.78, 5) is 31.4. The summed E-state index contributed by atoms with van der Waals surface area (Å²) in [5.41, 5.74) is 6.33. The van der Waals surface area contributed by atoms with Crippen LogP contribution >= 0.6 is 0 Å². The molecular weight excluding hydrogens is 486 g/mol. The molecule has 202 valence electrons. The number of methoxy groups -OCH3 is 1. The highest BCUT2D eigenvalue weighted by molar-refractivity contribution is 6.06. The van der Waals surface area contributed by atoms with Crippen LogP contribution in [0.15, 0.2) is 84.1 Å². The number of Topliss-reactive ketones (excluding diaryl/α,β-unsaturated/α-hetero) is 1. The second kappa shape index (κ2) is 11.0. The van der Waals surface area contributed by atoms with Crippen LogP contribution in [0.3, 0.4) is 0 Å². The molecule has 0 fully saturated rings. The molecule has 0 bridgehead atoms. The van der Waals surface area contributed by atoms with Crippen LogP contribution in [0.25, 0.3) is 0 Å². The number of ketones is 1. The van der Waals surface area contributed by atoms with Crippen molar-refractivity contribution >= 4 is 28.8 Å². The first-order valence-corrected chi connectivity index (χ1v) is 13.7. The summed E-state index contributed by atoms with van der Waals surface area (Å²) in [6.07, 6.45) is 1.07. The van der Waals surface area contributed by atoms with Crippen molar-refractivity contribution in [1.82, 2.24) is 0 Å². The van der Waals surface area contributed by atoms with Crippen LogP contribution < -0.4 is 19.9 Å². The number of allylic oxidation sites excluding steroid dienone is 1. The predicted molar refractivity (Wildman–Crippen MR) is 158 cm³/mol. The van der Waals surface area contributed by atoms with Gasteiger partial charge in [0.1, 0.15) is 5.75 Å². The van der Waals surface area contributed by atoms with Crippen molar-refractivity contribution in [2.75, 3.05) is 28.8 Å². The van der Waals surface area contributed by atoms with Crippen molar-refractivity contribution in [3.05, 3.63) is 95.2 Å². The first-order chi connectivity index (χ1) is 18.8. The first kappa shape index (κ1) is 26.5. The fraction of sp³-hybridized carbons (Fsp3) is 0.333. The Bertz CT molecular complexity index is 1390. The Kier molecular flexibility index (Phi) is 7.47. The molecule has 5 rings (SSSR count). The monoisotopic (exact) mass is 523 g/mol. The van der Waals surface area contributed by atoms with E-state index < -0.39 is 6.04 Å². The summed E-state index contributed by atoms with van der Waals surface area (Å²) in [5, 5.41) is 3.58. The molecule has 1 heterocycles. The third-order valence-electron chi connectivity index (χ3n) is 7.92. The average Bonchev–Trinajstić information content (AvgIpc) is 3.08. The summed E-state index contributed by atoms with van der Waals surface area (Å²) in [5.74, 6) is 0.796. The minimum absolute atomic E-state index is 0.0397. The van der Waals surface area contributed by atoms with Crippen molar-refractivity contribution in [3.8, 4) is 5.75 Å². The van der Waals surface area contributed by atoms with Gasteiger partial charge < -0.3 is 15.0 Å². The molecule has 1 aliphatic carbocycles. The van der Waals surface area contributed by atoms with Crippen LogP contribution in [0, 0.1) is 0 Å². The molecule has 2 unspecified atom stereocenters. The number of benzene rings is 3. The lowest BCUT2D eigenvalue weighted by Crippen LogP contribution is -2.37. The van der Waals surface area contributed by atoms with Crippen molar-refractivity contribution in [1.29, 1.82) is 0 Å². The van der Waals surface area contributed by atoms with E-state index in [0.717, 1.165) is 46.2 Å². The summed E-state index contributed by atoms with van der Waals surface area (Å²) < 4.78 is 5.33. The Labute approximate surface area is 231 Å². The van der Waals surface area contributed by atoms with Gasteiger partial charge in [-0.3, -0.25) is 14.5 Å². The van der Waals surface area contributed by atoms with Crippen LogP contribution in [0.5, 0.6) is 5.75 Å². The lowest BCUT2D eigenvalue weighted by Gasteiger charge is -2.35. The van der Waals surface area contributed by atoms with Crippen LogP contribution in [0.1, 0.15) is 63.6 Å². The van der Waals surface area contributed by atoms with E-state index in [0.29, 0.717) is 24.5 Å². The first-order valence-electron chi connectivity index (χ1n) is 13.7. The van der Waals surface area contributed by atoms with E-state index in [2.05, 4.69) is 55.3 Å². The number of rotatable bonds is 6. The molecule has 1 aliphatic heterocycles. The SMILES string of the molecule is CCN(c1ccc(C2C3=C(CC(c4ccc(OC)cc4)CC3=O)Nc3ccccc3N2C(C)=O)cc1)C(C)C. The van der Waals surface area contributed by atoms with E-state index in [9.17, 15) is 9.59 Å². The lowest BCUT2D eigenvalue weighted by atomic mass is 9.78. The zero-order chi connectivity index (χ0) is 27.7. The van der Waals surface area contributed by atoms with Gasteiger partial charge in [0.2, 0.25) is 5.91 Å². The van der Waals surface area contributed by atoms with Gasteiger partial charge in [-0.05, 0) is 80.6 Å². The number of nitrogens with one attached hydrogen (secondary N) is 1. The topological polar surface area (TPSA) is 61.9 Å². The summed E-state index contributed by atoms with van der Waals surface area (Å²) >= 11 is 0. The highest BCUT2D eigenvalue weighted by Gasteiger charge is 2.40. The molecular formula is C33H37N3O3. The van der Waals surface area contributed by atoms with Crippen molar-refractivity contribution in [2.45, 2.75) is 58.5 Å². The van der Waals surface area contributed by atoms with Crippen molar-refractivity contribution < 1.29 is 14.3 Å². The fourth-order valence-electron chi connectivity index (χ4n) is 6.06. The molecule has 0 saturated heterocycles. The predicted octanol–water partition coefficient (Wildman–Crippen LogP) is 6.85. The average molecular weight is 524 g/mol. The third-order valence-corrected chi connectivity index (χ3v) is 7.92. The van der Waals surface area contributed by atoms with Crippen molar-refractivity contribution in [2.24, 2.45) is 0 Å². The van der Waals surface area contributed by atoms with Crippen LogP contribution in [0.4, 0.5) is 17.1 Å². The lowest BCUT2D eigenvalue weighted by molar-refractivity contribution is -0.117. The second-order valence-corrected chi connectivity index (χ2v) is 10.6. The molecule has 6 nitrogen and oxygen atoms in total. The normalized spacial score (nSPS) is 18.7. The maximum Gasteiger partial charge on any atom is 0.224 e. The van der Waals surface area contributed by atoms with Crippen molar-refractivity contribution in [3.63, 3.8) is 0 Å². The number of amides is 1. The molecule has 0 radical (unpaired) electrons. The Hall–Kier alpha value is -4.06. The summed E-state index contributed by atoms with van der Waals surface area (Å²) in [6.45, 7) is 8.99. The van der Waals surface area contributed by atoms with Gasteiger partial charge in [0.05, 0.1) is 24.5 Å². The van der Waals surface area contributed by atoms with Gasteiger partial charge in [-0.25, -0.2) is 0 Å². The van der Waals surface area contributed by atoms with E-state index in [1.807, 2.05) is 48.5 Å². The van der Waals surface area contributed by atoms with Gasteiger partial charge in [-0.1, -0.05) is 36.4 Å². The number of carbonyl (C=O) groups excluding carboxylic acids is 2. The van der Waals surface area contributed by atoms with Crippen LogP contribution in [-0.4, -0.2) is 31.4 Å². The molecule has 1 amide bonds. The highest BCUT2D eigenvalue weighted by Crippen LogP contribution is 2.47. The molecule has 0 spiro atoms. The molecule has 6 heteroatoms.